The maximum Gasteiger partial charge on any atom is 0.134 e. The van der Waals surface area contributed by atoms with Crippen LogP contribution in [0, 0.1) is 0 Å². The number of hydrogen-bond donors (Lipinski definition) is 1. The van der Waals surface area contributed by atoms with Gasteiger partial charge in [-0.25, -0.2) is 4.98 Å². The van der Waals surface area contributed by atoms with Crippen LogP contribution in [0.3, 0.4) is 0 Å². The van der Waals surface area contributed by atoms with Gasteiger partial charge in [0, 0.05) is 30.6 Å². The highest BCUT2D eigenvalue weighted by molar-refractivity contribution is 7.98. The van der Waals surface area contributed by atoms with E-state index in [0.29, 0.717) is 6.04 Å². The number of aliphatic hydroxyl groups is 1. The summed E-state index contributed by atoms with van der Waals surface area (Å²) in [7, 11) is 2.02. The second-order valence-corrected chi connectivity index (χ2v) is 4.92. The first-order valence-electron chi connectivity index (χ1n) is 5.42. The summed E-state index contributed by atoms with van der Waals surface area (Å²) >= 11 is 1.82. The Balaban J connectivity index is 2.93. The first kappa shape index (κ1) is 13.3. The van der Waals surface area contributed by atoms with Crippen molar-refractivity contribution < 1.29 is 5.11 Å². The molecule has 1 rings (SSSR count). The minimum atomic E-state index is -0.479. The molecule has 0 aliphatic carbocycles. The van der Waals surface area contributed by atoms with Crippen molar-refractivity contribution in [1.82, 2.24) is 4.98 Å². The zero-order valence-corrected chi connectivity index (χ0v) is 11.2. The minimum Gasteiger partial charge on any atom is -0.389 e. The second-order valence-electron chi connectivity index (χ2n) is 4.01. The topological polar surface area (TPSA) is 36.4 Å². The number of aromatic nitrogens is 1. The Hall–Kier alpha value is -0.740. The molecule has 0 bridgehead atoms. The lowest BCUT2D eigenvalue weighted by atomic mass is 10.1. The summed E-state index contributed by atoms with van der Waals surface area (Å²) in [6.45, 7) is 3.94. The molecule has 1 heterocycles. The fraction of sp³-hybridized carbons (Fsp3) is 0.583. The fourth-order valence-electron chi connectivity index (χ4n) is 1.59. The molecular formula is C12H20N2OS. The molecule has 1 aromatic heterocycles. The van der Waals surface area contributed by atoms with E-state index in [0.717, 1.165) is 17.1 Å². The van der Waals surface area contributed by atoms with Gasteiger partial charge in [-0.3, -0.25) is 0 Å². The summed E-state index contributed by atoms with van der Waals surface area (Å²) in [5.74, 6) is 1.92. The van der Waals surface area contributed by atoms with Crippen molar-refractivity contribution in [3.05, 3.63) is 23.9 Å². The molecule has 0 aliphatic rings. The summed E-state index contributed by atoms with van der Waals surface area (Å²) in [6.07, 6.45) is 3.38. The zero-order chi connectivity index (χ0) is 12.1. The second kappa shape index (κ2) is 6.11. The number of pyridine rings is 1. The van der Waals surface area contributed by atoms with E-state index in [4.69, 9.17) is 0 Å². The molecule has 0 spiro atoms. The van der Waals surface area contributed by atoms with Crippen molar-refractivity contribution >= 4 is 17.6 Å². The quantitative estimate of drug-likeness (QED) is 0.857. The van der Waals surface area contributed by atoms with E-state index in [-0.39, 0.29) is 0 Å². The predicted molar refractivity (Wildman–Crippen MR) is 71.1 cm³/mol. The number of thioether (sulfide) groups is 1. The van der Waals surface area contributed by atoms with E-state index in [1.165, 1.54) is 0 Å². The highest BCUT2D eigenvalue weighted by Gasteiger charge is 2.16. The maximum atomic E-state index is 9.69. The van der Waals surface area contributed by atoms with Crippen LogP contribution in [0.1, 0.15) is 25.5 Å². The number of anilines is 1. The zero-order valence-electron chi connectivity index (χ0n) is 10.3. The molecule has 0 radical (unpaired) electrons. The average Bonchev–Trinajstić information content (AvgIpc) is 2.28. The molecule has 4 heteroatoms. The Bertz CT molecular complexity index is 331. The Kier molecular flexibility index (Phi) is 5.09. The monoisotopic (exact) mass is 240 g/mol. The van der Waals surface area contributed by atoms with Gasteiger partial charge < -0.3 is 10.0 Å². The molecule has 1 N–H and O–H groups in total. The minimum absolute atomic E-state index is 0.405. The van der Waals surface area contributed by atoms with E-state index < -0.39 is 6.10 Å². The van der Waals surface area contributed by atoms with E-state index in [9.17, 15) is 5.11 Å². The molecular weight excluding hydrogens is 220 g/mol. The third-order valence-electron chi connectivity index (χ3n) is 2.67. The van der Waals surface area contributed by atoms with Crippen molar-refractivity contribution in [1.29, 1.82) is 0 Å². The van der Waals surface area contributed by atoms with Crippen LogP contribution in [0.15, 0.2) is 18.3 Å². The number of hydrogen-bond acceptors (Lipinski definition) is 4. The Morgan fingerprint density at radius 3 is 2.75 bits per heavy atom. The van der Waals surface area contributed by atoms with Crippen LogP contribution in [0.5, 0.6) is 0 Å². The van der Waals surface area contributed by atoms with Crippen LogP contribution in [-0.4, -0.2) is 35.2 Å². The maximum absolute atomic E-state index is 9.69. The number of rotatable bonds is 5. The van der Waals surface area contributed by atoms with Crippen LogP contribution in [-0.2, 0) is 0 Å². The number of aliphatic hydroxyl groups excluding tert-OH is 1. The van der Waals surface area contributed by atoms with Gasteiger partial charge in [-0.15, -0.1) is 0 Å². The Morgan fingerprint density at radius 1 is 1.50 bits per heavy atom. The van der Waals surface area contributed by atoms with Crippen LogP contribution < -0.4 is 4.90 Å². The van der Waals surface area contributed by atoms with Gasteiger partial charge in [0.25, 0.3) is 0 Å². The molecule has 0 aliphatic heterocycles. The number of nitrogens with zero attached hydrogens (tertiary/aromatic N) is 2. The van der Waals surface area contributed by atoms with Crippen LogP contribution in [0.2, 0.25) is 0 Å². The SMILES string of the molecule is CSCC(C)N(C)c1ncccc1[C@@H](C)O. The van der Waals surface area contributed by atoms with Crippen LogP contribution >= 0.6 is 11.8 Å². The van der Waals surface area contributed by atoms with Crippen LogP contribution in [0.4, 0.5) is 5.82 Å². The fourth-order valence-corrected chi connectivity index (χ4v) is 2.30. The molecule has 1 unspecified atom stereocenters. The standard InChI is InChI=1S/C12H20N2OS/c1-9(8-16-4)14(3)12-11(10(2)15)6-5-7-13-12/h5-7,9-10,15H,8H2,1-4H3/t9?,10-/m1/s1. The Labute approximate surface area is 102 Å². The van der Waals surface area contributed by atoms with Gasteiger partial charge in [-0.2, -0.15) is 11.8 Å². The van der Waals surface area contributed by atoms with Crippen molar-refractivity contribution in [2.75, 3.05) is 24.0 Å². The van der Waals surface area contributed by atoms with Crippen molar-refractivity contribution in [2.45, 2.75) is 26.0 Å². The molecule has 0 fully saturated rings. The highest BCUT2D eigenvalue weighted by atomic mass is 32.2. The van der Waals surface area contributed by atoms with E-state index in [1.54, 1.807) is 13.1 Å². The summed E-state index contributed by atoms with van der Waals surface area (Å²) in [5, 5.41) is 9.69. The lowest BCUT2D eigenvalue weighted by Gasteiger charge is -2.27. The smallest absolute Gasteiger partial charge is 0.134 e. The van der Waals surface area contributed by atoms with E-state index >= 15 is 0 Å². The van der Waals surface area contributed by atoms with Gasteiger partial charge in [0.1, 0.15) is 5.82 Å². The molecule has 3 nitrogen and oxygen atoms in total. The molecule has 16 heavy (non-hydrogen) atoms. The molecule has 0 saturated heterocycles. The predicted octanol–water partition coefficient (Wildman–Crippen LogP) is 2.32. The van der Waals surface area contributed by atoms with Crippen molar-refractivity contribution in [3.63, 3.8) is 0 Å². The molecule has 0 aromatic carbocycles. The largest absolute Gasteiger partial charge is 0.389 e. The molecule has 2 atom stereocenters. The summed E-state index contributed by atoms with van der Waals surface area (Å²) in [4.78, 5) is 6.48. The molecule has 90 valence electrons. The summed E-state index contributed by atoms with van der Waals surface area (Å²) in [6, 6.07) is 4.19. The molecule has 0 amide bonds. The van der Waals surface area contributed by atoms with Gasteiger partial charge in [-0.05, 0) is 26.2 Å². The van der Waals surface area contributed by atoms with Gasteiger partial charge >= 0.3 is 0 Å². The van der Waals surface area contributed by atoms with Gasteiger partial charge in [0.05, 0.1) is 6.10 Å². The lowest BCUT2D eigenvalue weighted by molar-refractivity contribution is 0.199. The van der Waals surface area contributed by atoms with Gasteiger partial charge in [0.2, 0.25) is 0 Å². The normalized spacial score (nSPS) is 14.6. The van der Waals surface area contributed by atoms with Gasteiger partial charge in [0.15, 0.2) is 0 Å². The highest BCUT2D eigenvalue weighted by Crippen LogP contribution is 2.24. The summed E-state index contributed by atoms with van der Waals surface area (Å²) in [5.41, 5.74) is 0.887. The average molecular weight is 240 g/mol. The molecule has 0 saturated carbocycles. The first-order valence-corrected chi connectivity index (χ1v) is 6.82. The third kappa shape index (κ3) is 3.12. The molecule has 1 aromatic rings. The Morgan fingerprint density at radius 2 is 2.19 bits per heavy atom. The summed E-state index contributed by atoms with van der Waals surface area (Å²) < 4.78 is 0. The first-order chi connectivity index (χ1) is 7.57. The van der Waals surface area contributed by atoms with Crippen LogP contribution in [0.25, 0.3) is 0 Å². The lowest BCUT2D eigenvalue weighted by Crippen LogP contribution is -2.32. The van der Waals surface area contributed by atoms with Crippen molar-refractivity contribution in [3.8, 4) is 0 Å². The third-order valence-corrected chi connectivity index (χ3v) is 3.49. The van der Waals surface area contributed by atoms with E-state index in [1.807, 2.05) is 30.9 Å². The van der Waals surface area contributed by atoms with Crippen molar-refractivity contribution in [2.24, 2.45) is 0 Å². The van der Waals surface area contributed by atoms with E-state index in [2.05, 4.69) is 23.1 Å². The van der Waals surface area contributed by atoms with Gasteiger partial charge in [-0.1, -0.05) is 6.07 Å².